The zero-order valence-corrected chi connectivity index (χ0v) is 13.2. The number of carbonyl (C=O) groups is 1. The Morgan fingerprint density at radius 1 is 1.33 bits per heavy atom. The van der Waals surface area contributed by atoms with Crippen LogP contribution in [-0.4, -0.2) is 30.4 Å². The third-order valence-corrected chi connectivity index (χ3v) is 3.68. The molecule has 1 aliphatic heterocycles. The number of carbonyl (C=O) groups excluding carboxylic acids is 1. The third kappa shape index (κ3) is 3.29. The van der Waals surface area contributed by atoms with Crippen molar-refractivity contribution in [2.24, 2.45) is 0 Å². The van der Waals surface area contributed by atoms with E-state index >= 15 is 0 Å². The Labute approximate surface area is 125 Å². The van der Waals surface area contributed by atoms with Gasteiger partial charge in [0.25, 0.3) is 0 Å². The fourth-order valence-corrected chi connectivity index (χ4v) is 2.77. The molecule has 1 aromatic rings. The average Bonchev–Trinajstić information content (AvgIpc) is 2.56. The Morgan fingerprint density at radius 2 is 2.00 bits per heavy atom. The van der Waals surface area contributed by atoms with E-state index in [0.29, 0.717) is 23.4 Å². The van der Waals surface area contributed by atoms with Crippen LogP contribution < -0.4 is 10.5 Å². The van der Waals surface area contributed by atoms with E-state index in [2.05, 4.69) is 0 Å². The van der Waals surface area contributed by atoms with E-state index < -0.39 is 11.6 Å². The van der Waals surface area contributed by atoms with Gasteiger partial charge in [0.15, 0.2) is 0 Å². The summed E-state index contributed by atoms with van der Waals surface area (Å²) < 4.78 is 16.8. The van der Waals surface area contributed by atoms with Gasteiger partial charge in [-0.05, 0) is 45.9 Å². The SMILES string of the molecule is COc1ccc(N)cc1C(=O)OC1CC(C)(C)OC1(C)C. The molecule has 0 radical (unpaired) electrons. The molecule has 0 aliphatic carbocycles. The Hall–Kier alpha value is -1.75. The van der Waals surface area contributed by atoms with E-state index in [4.69, 9.17) is 19.9 Å². The summed E-state index contributed by atoms with van der Waals surface area (Å²) in [6.45, 7) is 7.83. The monoisotopic (exact) mass is 293 g/mol. The van der Waals surface area contributed by atoms with E-state index in [-0.39, 0.29) is 11.7 Å². The molecule has 1 fully saturated rings. The van der Waals surface area contributed by atoms with Gasteiger partial charge in [0, 0.05) is 12.1 Å². The quantitative estimate of drug-likeness (QED) is 0.685. The van der Waals surface area contributed by atoms with Crippen molar-refractivity contribution in [1.82, 2.24) is 0 Å². The lowest BCUT2D eigenvalue weighted by Crippen LogP contribution is -2.36. The normalized spacial score (nSPS) is 22.8. The molecule has 0 bridgehead atoms. The van der Waals surface area contributed by atoms with Gasteiger partial charge in [-0.3, -0.25) is 0 Å². The van der Waals surface area contributed by atoms with Gasteiger partial charge in [-0.15, -0.1) is 0 Å². The standard InChI is InChI=1S/C16H23NO4/c1-15(2)9-13(16(3,4)21-15)20-14(18)11-8-10(17)6-7-12(11)19-5/h6-8,13H,9,17H2,1-5H3. The number of rotatable bonds is 3. The molecule has 0 amide bonds. The first-order chi connectivity index (χ1) is 9.64. The Bertz CT molecular complexity index is 551. The van der Waals surface area contributed by atoms with E-state index in [9.17, 15) is 4.79 Å². The van der Waals surface area contributed by atoms with Crippen molar-refractivity contribution < 1.29 is 19.0 Å². The minimum absolute atomic E-state index is 0.311. The second-order valence-electron chi connectivity index (χ2n) is 6.52. The van der Waals surface area contributed by atoms with Crippen molar-refractivity contribution in [2.75, 3.05) is 12.8 Å². The maximum Gasteiger partial charge on any atom is 0.342 e. The number of methoxy groups -OCH3 is 1. The van der Waals surface area contributed by atoms with Gasteiger partial charge >= 0.3 is 5.97 Å². The molecule has 0 aromatic heterocycles. The lowest BCUT2D eigenvalue weighted by Gasteiger charge is -2.27. The fourth-order valence-electron chi connectivity index (χ4n) is 2.77. The Balaban J connectivity index is 2.21. The summed E-state index contributed by atoms with van der Waals surface area (Å²) in [6.07, 6.45) is 0.335. The first-order valence-corrected chi connectivity index (χ1v) is 6.99. The zero-order chi connectivity index (χ0) is 15.8. The van der Waals surface area contributed by atoms with Gasteiger partial charge in [0.1, 0.15) is 23.0 Å². The summed E-state index contributed by atoms with van der Waals surface area (Å²) in [4.78, 5) is 12.4. The topological polar surface area (TPSA) is 70.8 Å². The van der Waals surface area contributed by atoms with Gasteiger partial charge in [-0.2, -0.15) is 0 Å². The van der Waals surface area contributed by atoms with Gasteiger partial charge in [0.05, 0.1) is 12.7 Å². The van der Waals surface area contributed by atoms with E-state index in [1.165, 1.54) is 7.11 Å². The van der Waals surface area contributed by atoms with Crippen LogP contribution in [0.5, 0.6) is 5.75 Å². The molecule has 5 heteroatoms. The highest BCUT2D eigenvalue weighted by Gasteiger charge is 2.48. The highest BCUT2D eigenvalue weighted by atomic mass is 16.6. The summed E-state index contributed by atoms with van der Waals surface area (Å²) in [5, 5.41) is 0. The van der Waals surface area contributed by atoms with Crippen LogP contribution in [0.4, 0.5) is 5.69 Å². The van der Waals surface area contributed by atoms with Crippen molar-refractivity contribution in [3.8, 4) is 5.75 Å². The second-order valence-corrected chi connectivity index (χ2v) is 6.52. The maximum absolute atomic E-state index is 12.4. The van der Waals surface area contributed by atoms with Crippen LogP contribution in [0.15, 0.2) is 18.2 Å². The van der Waals surface area contributed by atoms with Gasteiger partial charge < -0.3 is 19.9 Å². The van der Waals surface area contributed by atoms with Crippen LogP contribution in [0.25, 0.3) is 0 Å². The minimum Gasteiger partial charge on any atom is -0.496 e. The third-order valence-electron chi connectivity index (χ3n) is 3.68. The smallest absolute Gasteiger partial charge is 0.342 e. The number of esters is 1. The molecular weight excluding hydrogens is 270 g/mol. The van der Waals surface area contributed by atoms with E-state index in [1.54, 1.807) is 18.2 Å². The number of ether oxygens (including phenoxy) is 3. The second kappa shape index (κ2) is 5.22. The fraction of sp³-hybridized carbons (Fsp3) is 0.562. The van der Waals surface area contributed by atoms with Crippen LogP contribution in [0.2, 0.25) is 0 Å². The molecule has 5 nitrogen and oxygen atoms in total. The highest BCUT2D eigenvalue weighted by molar-refractivity contribution is 5.93. The largest absolute Gasteiger partial charge is 0.496 e. The number of nitrogens with two attached hydrogens (primary N) is 1. The number of hydrogen-bond acceptors (Lipinski definition) is 5. The molecule has 1 atom stereocenters. The van der Waals surface area contributed by atoms with Crippen molar-refractivity contribution in [3.63, 3.8) is 0 Å². The van der Waals surface area contributed by atoms with E-state index in [1.807, 2.05) is 27.7 Å². The molecule has 116 valence electrons. The highest BCUT2D eigenvalue weighted by Crippen LogP contribution is 2.39. The Kier molecular flexibility index (Phi) is 3.89. The van der Waals surface area contributed by atoms with Crippen molar-refractivity contribution in [3.05, 3.63) is 23.8 Å². The summed E-state index contributed by atoms with van der Waals surface area (Å²) in [7, 11) is 1.51. The first kappa shape index (κ1) is 15.6. The molecule has 21 heavy (non-hydrogen) atoms. The molecule has 1 aliphatic rings. The lowest BCUT2D eigenvalue weighted by atomic mass is 9.97. The van der Waals surface area contributed by atoms with Gasteiger partial charge in [-0.25, -0.2) is 4.79 Å². The summed E-state index contributed by atoms with van der Waals surface area (Å²) in [5.41, 5.74) is 5.73. The molecule has 1 heterocycles. The zero-order valence-electron chi connectivity index (χ0n) is 13.2. The molecule has 0 spiro atoms. The number of nitrogen functional groups attached to an aromatic ring is 1. The Morgan fingerprint density at radius 3 is 2.52 bits per heavy atom. The van der Waals surface area contributed by atoms with Gasteiger partial charge in [0.2, 0.25) is 0 Å². The molecule has 2 N–H and O–H groups in total. The summed E-state index contributed by atoms with van der Waals surface area (Å²) in [5.74, 6) is 0.00343. The van der Waals surface area contributed by atoms with Crippen molar-refractivity contribution in [2.45, 2.75) is 51.4 Å². The number of benzene rings is 1. The van der Waals surface area contributed by atoms with Crippen LogP contribution >= 0.6 is 0 Å². The minimum atomic E-state index is -0.521. The van der Waals surface area contributed by atoms with E-state index in [0.717, 1.165) is 0 Å². The first-order valence-electron chi connectivity index (χ1n) is 6.99. The molecule has 2 rings (SSSR count). The van der Waals surface area contributed by atoms with Crippen molar-refractivity contribution in [1.29, 1.82) is 0 Å². The molecular formula is C16H23NO4. The predicted octanol–water partition coefficient (Wildman–Crippen LogP) is 2.78. The van der Waals surface area contributed by atoms with Crippen LogP contribution in [0, 0.1) is 0 Å². The molecule has 0 saturated carbocycles. The number of hydrogen-bond donors (Lipinski definition) is 1. The lowest BCUT2D eigenvalue weighted by molar-refractivity contribution is -0.0925. The summed E-state index contributed by atoms with van der Waals surface area (Å²) in [6, 6.07) is 4.91. The van der Waals surface area contributed by atoms with Gasteiger partial charge in [-0.1, -0.05) is 0 Å². The van der Waals surface area contributed by atoms with Crippen LogP contribution in [0.1, 0.15) is 44.5 Å². The predicted molar refractivity (Wildman–Crippen MR) is 80.5 cm³/mol. The maximum atomic E-state index is 12.4. The van der Waals surface area contributed by atoms with Crippen LogP contribution in [-0.2, 0) is 9.47 Å². The molecule has 1 aromatic carbocycles. The molecule has 1 unspecified atom stereocenters. The van der Waals surface area contributed by atoms with Crippen molar-refractivity contribution >= 4 is 11.7 Å². The average molecular weight is 293 g/mol. The molecule has 1 saturated heterocycles. The summed E-state index contributed by atoms with van der Waals surface area (Å²) >= 11 is 0. The van der Waals surface area contributed by atoms with Crippen LogP contribution in [0.3, 0.4) is 0 Å². The number of anilines is 1.